The zero-order valence-corrected chi connectivity index (χ0v) is 13.2. The molecule has 1 aliphatic rings. The van der Waals surface area contributed by atoms with Gasteiger partial charge in [-0.05, 0) is 29.9 Å². The van der Waals surface area contributed by atoms with Gasteiger partial charge in [-0.1, -0.05) is 26.8 Å². The topological polar surface area (TPSA) is 83.6 Å². The largest absolute Gasteiger partial charge is 0.345 e. The molecule has 0 radical (unpaired) electrons. The highest BCUT2D eigenvalue weighted by Crippen LogP contribution is 2.39. The molecule has 2 aromatic rings. The molecule has 1 aliphatic carbocycles. The maximum Gasteiger partial charge on any atom is 0.274 e. The van der Waals surface area contributed by atoms with Gasteiger partial charge in [0.05, 0.1) is 17.9 Å². The van der Waals surface area contributed by atoms with Crippen LogP contribution in [0.1, 0.15) is 67.0 Å². The number of carbonyl (C=O) groups excluding carboxylic acids is 1. The maximum absolute atomic E-state index is 12.3. The number of nitrogens with zero attached hydrogens (tertiary/aromatic N) is 3. The highest BCUT2D eigenvalue weighted by atomic mass is 16.2. The van der Waals surface area contributed by atoms with Gasteiger partial charge in [0.1, 0.15) is 0 Å². The fourth-order valence-corrected chi connectivity index (χ4v) is 2.56. The smallest absolute Gasteiger partial charge is 0.274 e. The molecule has 0 unspecified atom stereocenters. The first-order valence-corrected chi connectivity index (χ1v) is 7.60. The van der Waals surface area contributed by atoms with Gasteiger partial charge in [-0.2, -0.15) is 15.4 Å². The molecule has 1 saturated carbocycles. The SMILES string of the molecule is CC(C)(C)c1cccnc1CNC(=O)c1n[nH]nc1C1CC1. The van der Waals surface area contributed by atoms with Gasteiger partial charge in [0.15, 0.2) is 5.69 Å². The van der Waals surface area contributed by atoms with Crippen LogP contribution in [0.3, 0.4) is 0 Å². The van der Waals surface area contributed by atoms with E-state index < -0.39 is 0 Å². The standard InChI is InChI=1S/C16H21N5O/c1-16(2,3)11-5-4-8-17-12(11)9-18-15(22)14-13(10-6-7-10)19-21-20-14/h4-5,8,10H,6-7,9H2,1-3H3,(H,18,22)(H,19,20,21). The molecular weight excluding hydrogens is 278 g/mol. The van der Waals surface area contributed by atoms with E-state index >= 15 is 0 Å². The van der Waals surface area contributed by atoms with Crippen molar-refractivity contribution in [1.82, 2.24) is 25.7 Å². The Bertz CT molecular complexity index is 682. The lowest BCUT2D eigenvalue weighted by atomic mass is 9.86. The predicted octanol–water partition coefficient (Wildman–Crippen LogP) is 2.30. The zero-order valence-electron chi connectivity index (χ0n) is 13.2. The van der Waals surface area contributed by atoms with Gasteiger partial charge in [0.2, 0.25) is 0 Å². The molecule has 6 heteroatoms. The van der Waals surface area contributed by atoms with E-state index in [2.05, 4.69) is 52.5 Å². The van der Waals surface area contributed by atoms with Crippen LogP contribution in [0.15, 0.2) is 18.3 Å². The first-order valence-electron chi connectivity index (χ1n) is 7.60. The molecule has 6 nitrogen and oxygen atoms in total. The molecule has 0 atom stereocenters. The normalized spacial score (nSPS) is 14.9. The molecule has 2 heterocycles. The number of carbonyl (C=O) groups is 1. The van der Waals surface area contributed by atoms with Gasteiger partial charge in [-0.25, -0.2) is 0 Å². The minimum Gasteiger partial charge on any atom is -0.345 e. The first-order chi connectivity index (χ1) is 10.5. The minimum absolute atomic E-state index is 0.0125. The quantitative estimate of drug-likeness (QED) is 0.907. The Morgan fingerprint density at radius 3 is 2.82 bits per heavy atom. The highest BCUT2D eigenvalue weighted by Gasteiger charge is 2.31. The zero-order chi connectivity index (χ0) is 15.7. The van der Waals surface area contributed by atoms with Crippen LogP contribution < -0.4 is 5.32 Å². The van der Waals surface area contributed by atoms with E-state index in [1.165, 1.54) is 0 Å². The number of amides is 1. The Hall–Kier alpha value is -2.24. The number of H-pyrrole nitrogens is 1. The fourth-order valence-electron chi connectivity index (χ4n) is 2.56. The van der Waals surface area contributed by atoms with Gasteiger partial charge in [0, 0.05) is 12.1 Å². The number of aromatic nitrogens is 4. The van der Waals surface area contributed by atoms with Crippen molar-refractivity contribution in [2.75, 3.05) is 0 Å². The van der Waals surface area contributed by atoms with Crippen LogP contribution in [0, 0.1) is 0 Å². The molecule has 2 N–H and O–H groups in total. The van der Waals surface area contributed by atoms with Crippen molar-refractivity contribution >= 4 is 5.91 Å². The maximum atomic E-state index is 12.3. The Labute approximate surface area is 129 Å². The third-order valence-electron chi connectivity index (χ3n) is 3.87. The summed E-state index contributed by atoms with van der Waals surface area (Å²) in [7, 11) is 0. The molecule has 0 saturated heterocycles. The van der Waals surface area contributed by atoms with Crippen LogP contribution in [0.5, 0.6) is 0 Å². The summed E-state index contributed by atoms with van der Waals surface area (Å²) in [6.45, 7) is 6.80. The minimum atomic E-state index is -0.193. The van der Waals surface area contributed by atoms with Crippen molar-refractivity contribution in [2.45, 2.75) is 51.5 Å². The van der Waals surface area contributed by atoms with E-state index in [1.54, 1.807) is 6.20 Å². The molecule has 1 amide bonds. The van der Waals surface area contributed by atoms with E-state index in [-0.39, 0.29) is 11.3 Å². The number of aromatic amines is 1. The van der Waals surface area contributed by atoms with Crippen LogP contribution in [-0.2, 0) is 12.0 Å². The van der Waals surface area contributed by atoms with Crippen LogP contribution in [0.2, 0.25) is 0 Å². The summed E-state index contributed by atoms with van der Waals surface area (Å²) in [4.78, 5) is 16.7. The van der Waals surface area contributed by atoms with E-state index in [1.807, 2.05) is 6.07 Å². The third-order valence-corrected chi connectivity index (χ3v) is 3.87. The highest BCUT2D eigenvalue weighted by molar-refractivity contribution is 5.93. The molecule has 22 heavy (non-hydrogen) atoms. The molecule has 0 aromatic carbocycles. The number of nitrogens with one attached hydrogen (secondary N) is 2. The summed E-state index contributed by atoms with van der Waals surface area (Å²) < 4.78 is 0. The second-order valence-corrected chi connectivity index (χ2v) is 6.76. The number of hydrogen-bond acceptors (Lipinski definition) is 4. The van der Waals surface area contributed by atoms with Crippen molar-refractivity contribution in [3.8, 4) is 0 Å². The van der Waals surface area contributed by atoms with Crippen LogP contribution in [0.4, 0.5) is 0 Å². The lowest BCUT2D eigenvalue weighted by Gasteiger charge is -2.22. The van der Waals surface area contributed by atoms with Gasteiger partial charge in [-0.3, -0.25) is 9.78 Å². The number of hydrogen-bond donors (Lipinski definition) is 2. The Morgan fingerprint density at radius 2 is 2.14 bits per heavy atom. The summed E-state index contributed by atoms with van der Waals surface area (Å²) in [6.07, 6.45) is 3.92. The van der Waals surface area contributed by atoms with Crippen LogP contribution in [-0.4, -0.2) is 26.3 Å². The van der Waals surface area contributed by atoms with Crippen LogP contribution in [0.25, 0.3) is 0 Å². The van der Waals surface area contributed by atoms with Gasteiger partial charge >= 0.3 is 0 Å². The van der Waals surface area contributed by atoms with Gasteiger partial charge in [-0.15, -0.1) is 0 Å². The molecule has 3 rings (SSSR count). The summed E-state index contributed by atoms with van der Waals surface area (Å²) in [5, 5.41) is 13.6. The van der Waals surface area contributed by atoms with Gasteiger partial charge in [0.25, 0.3) is 5.91 Å². The van der Waals surface area contributed by atoms with Crippen molar-refractivity contribution in [1.29, 1.82) is 0 Å². The number of rotatable bonds is 4. The average Bonchev–Trinajstić information content (AvgIpc) is 3.21. The molecule has 116 valence electrons. The lowest BCUT2D eigenvalue weighted by Crippen LogP contribution is -2.27. The summed E-state index contributed by atoms with van der Waals surface area (Å²) in [5.41, 5.74) is 3.21. The Kier molecular flexibility index (Phi) is 3.68. The monoisotopic (exact) mass is 299 g/mol. The summed E-state index contributed by atoms with van der Waals surface area (Å²) in [5.74, 6) is 0.195. The van der Waals surface area contributed by atoms with Crippen molar-refractivity contribution in [2.24, 2.45) is 0 Å². The van der Waals surface area contributed by atoms with E-state index in [4.69, 9.17) is 0 Å². The lowest BCUT2D eigenvalue weighted by molar-refractivity contribution is 0.0944. The van der Waals surface area contributed by atoms with Gasteiger partial charge < -0.3 is 5.32 Å². The van der Waals surface area contributed by atoms with Crippen LogP contribution >= 0.6 is 0 Å². The molecule has 0 aliphatic heterocycles. The first kappa shape index (κ1) is 14.7. The number of pyridine rings is 1. The second-order valence-electron chi connectivity index (χ2n) is 6.76. The van der Waals surface area contributed by atoms with Crippen molar-refractivity contribution in [3.05, 3.63) is 41.0 Å². The summed E-state index contributed by atoms with van der Waals surface area (Å²) in [6, 6.07) is 3.98. The molecule has 1 fully saturated rings. The third kappa shape index (κ3) is 3.00. The van der Waals surface area contributed by atoms with E-state index in [0.29, 0.717) is 18.2 Å². The molecular formula is C16H21N5O. The fraction of sp³-hybridized carbons (Fsp3) is 0.500. The van der Waals surface area contributed by atoms with Crippen molar-refractivity contribution < 1.29 is 4.79 Å². The second kappa shape index (κ2) is 5.51. The predicted molar refractivity (Wildman–Crippen MR) is 82.5 cm³/mol. The summed E-state index contributed by atoms with van der Waals surface area (Å²) >= 11 is 0. The van der Waals surface area contributed by atoms with E-state index in [9.17, 15) is 4.79 Å². The van der Waals surface area contributed by atoms with Crippen molar-refractivity contribution in [3.63, 3.8) is 0 Å². The average molecular weight is 299 g/mol. The Balaban J connectivity index is 1.73. The molecule has 0 spiro atoms. The molecule has 2 aromatic heterocycles. The van der Waals surface area contributed by atoms with E-state index in [0.717, 1.165) is 29.8 Å². The Morgan fingerprint density at radius 1 is 1.36 bits per heavy atom. The molecule has 0 bridgehead atoms.